The summed E-state index contributed by atoms with van der Waals surface area (Å²) in [5, 5.41) is 7.43. The van der Waals surface area contributed by atoms with E-state index in [4.69, 9.17) is 15.9 Å². The minimum absolute atomic E-state index is 0.0508. The molecule has 0 radical (unpaired) electrons. The molecule has 1 spiro atoms. The number of nitrogens with one attached hydrogen (secondary N) is 1. The summed E-state index contributed by atoms with van der Waals surface area (Å²) in [4.78, 5) is 30.1. The van der Waals surface area contributed by atoms with E-state index >= 15 is 0 Å². The molecule has 0 atom stereocenters. The molecule has 4 rings (SSSR count). The summed E-state index contributed by atoms with van der Waals surface area (Å²) in [7, 11) is 1.56. The average molecular weight is 433 g/mol. The highest BCUT2D eigenvalue weighted by atomic mass is 16.5. The second-order valence-corrected chi connectivity index (χ2v) is 8.29. The molecule has 2 aliphatic heterocycles. The van der Waals surface area contributed by atoms with E-state index < -0.39 is 5.41 Å². The largest absolute Gasteiger partial charge is 0.496 e. The Balaban J connectivity index is 1.44. The molecule has 2 amide bonds. The lowest BCUT2D eigenvalue weighted by atomic mass is 9.77. The molecular weight excluding hydrogens is 404 g/mol. The van der Waals surface area contributed by atoms with Gasteiger partial charge in [0, 0.05) is 43.3 Å². The maximum atomic E-state index is 13.4. The van der Waals surface area contributed by atoms with Crippen LogP contribution < -0.4 is 15.4 Å². The smallest absolute Gasteiger partial charge is 0.257 e. The fourth-order valence-electron chi connectivity index (χ4n) is 4.72. The van der Waals surface area contributed by atoms with Crippen molar-refractivity contribution in [2.75, 3.05) is 31.6 Å². The molecule has 2 heterocycles. The molecule has 2 aromatic rings. The van der Waals surface area contributed by atoms with Crippen LogP contribution in [0.3, 0.4) is 0 Å². The Hall–Kier alpha value is -3.61. The van der Waals surface area contributed by atoms with Crippen LogP contribution in [-0.4, -0.2) is 49.7 Å². The molecular formula is C25H28N4O3. The van der Waals surface area contributed by atoms with Gasteiger partial charge in [-0.3, -0.25) is 9.59 Å². The van der Waals surface area contributed by atoms with Gasteiger partial charge in [0.1, 0.15) is 5.75 Å². The molecule has 2 aliphatic rings. The topological polar surface area (TPSA) is 99.7 Å². The van der Waals surface area contributed by atoms with Gasteiger partial charge >= 0.3 is 0 Å². The van der Waals surface area contributed by atoms with Gasteiger partial charge in [0.25, 0.3) is 5.91 Å². The van der Waals surface area contributed by atoms with Gasteiger partial charge in [-0.25, -0.2) is 0 Å². The first-order valence-corrected chi connectivity index (χ1v) is 10.8. The van der Waals surface area contributed by atoms with Crippen LogP contribution in [0.15, 0.2) is 54.7 Å². The van der Waals surface area contributed by atoms with E-state index in [0.29, 0.717) is 49.4 Å². The minimum atomic E-state index is -0.409. The molecule has 7 heteroatoms. The Bertz CT molecular complexity index is 1050. The highest BCUT2D eigenvalue weighted by Crippen LogP contribution is 2.43. The number of nitrogens with zero attached hydrogens (tertiary/aromatic N) is 2. The summed E-state index contributed by atoms with van der Waals surface area (Å²) >= 11 is 0. The van der Waals surface area contributed by atoms with Crippen molar-refractivity contribution >= 4 is 29.3 Å². The van der Waals surface area contributed by atoms with Crippen LogP contribution in [0.4, 0.5) is 5.69 Å². The summed E-state index contributed by atoms with van der Waals surface area (Å²) in [6, 6.07) is 14.8. The molecule has 0 bridgehead atoms. The first-order valence-electron chi connectivity index (χ1n) is 10.8. The Morgan fingerprint density at radius 3 is 2.34 bits per heavy atom. The molecule has 2 saturated heterocycles. The lowest BCUT2D eigenvalue weighted by Gasteiger charge is -2.38. The van der Waals surface area contributed by atoms with E-state index in [1.54, 1.807) is 19.2 Å². The van der Waals surface area contributed by atoms with Gasteiger partial charge < -0.3 is 25.7 Å². The van der Waals surface area contributed by atoms with Gasteiger partial charge in [-0.2, -0.15) is 0 Å². The van der Waals surface area contributed by atoms with Gasteiger partial charge in [0.05, 0.1) is 18.1 Å². The van der Waals surface area contributed by atoms with Gasteiger partial charge in [0.2, 0.25) is 5.91 Å². The number of para-hydroxylation sites is 1. The van der Waals surface area contributed by atoms with Crippen LogP contribution >= 0.6 is 0 Å². The van der Waals surface area contributed by atoms with Crippen molar-refractivity contribution < 1.29 is 14.3 Å². The molecule has 0 saturated carbocycles. The molecule has 0 aliphatic carbocycles. The van der Waals surface area contributed by atoms with Crippen LogP contribution in [0.5, 0.6) is 5.75 Å². The zero-order valence-electron chi connectivity index (χ0n) is 18.2. The second-order valence-electron chi connectivity index (χ2n) is 8.29. The molecule has 0 unspecified atom stereocenters. The number of carbonyl (C=O) groups is 2. The Morgan fingerprint density at radius 1 is 1.06 bits per heavy atom. The van der Waals surface area contributed by atoms with Crippen LogP contribution in [-0.2, 0) is 4.79 Å². The van der Waals surface area contributed by atoms with Gasteiger partial charge in [-0.05, 0) is 49.1 Å². The first kappa shape index (κ1) is 21.6. The molecule has 166 valence electrons. The lowest BCUT2D eigenvalue weighted by Crippen LogP contribution is -2.46. The summed E-state index contributed by atoms with van der Waals surface area (Å²) < 4.78 is 5.34. The van der Waals surface area contributed by atoms with Gasteiger partial charge in [0.15, 0.2) is 0 Å². The van der Waals surface area contributed by atoms with Crippen molar-refractivity contribution in [3.05, 3.63) is 65.9 Å². The van der Waals surface area contributed by atoms with E-state index in [-0.39, 0.29) is 11.8 Å². The van der Waals surface area contributed by atoms with Crippen molar-refractivity contribution in [2.45, 2.75) is 19.3 Å². The third kappa shape index (κ3) is 3.75. The molecule has 2 fully saturated rings. The summed E-state index contributed by atoms with van der Waals surface area (Å²) in [6.07, 6.45) is 4.73. The fourth-order valence-corrected chi connectivity index (χ4v) is 4.72. The van der Waals surface area contributed by atoms with Crippen LogP contribution in [0, 0.1) is 10.8 Å². The number of rotatable bonds is 5. The SMILES string of the molecule is COc1ccccc1C(=O)N1CCC2(CC1)CCN(c1ccc(/C(C=N)=C/N)cc1)C2=O. The number of likely N-dealkylation sites (tertiary alicyclic amines) is 1. The number of amides is 2. The quantitative estimate of drug-likeness (QED) is 0.708. The van der Waals surface area contributed by atoms with Crippen molar-refractivity contribution in [2.24, 2.45) is 11.1 Å². The normalized spacial score (nSPS) is 18.2. The Kier molecular flexibility index (Phi) is 5.99. The third-order valence-electron chi connectivity index (χ3n) is 6.71. The molecule has 2 aromatic carbocycles. The molecule has 7 nitrogen and oxygen atoms in total. The number of allylic oxidation sites excluding steroid dienone is 1. The van der Waals surface area contributed by atoms with Crippen molar-refractivity contribution in [3.8, 4) is 5.75 Å². The molecule has 0 aromatic heterocycles. The number of ether oxygens (including phenoxy) is 1. The van der Waals surface area contributed by atoms with Gasteiger partial charge in [-0.15, -0.1) is 0 Å². The standard InChI is InChI=1S/C25H28N4O3/c1-32-22-5-3-2-4-21(22)23(30)28-13-10-25(11-14-28)12-15-29(24(25)31)20-8-6-18(7-9-20)19(16-26)17-27/h2-9,16-17,26H,10-15,27H2,1H3/b19-17+,26-16?. The maximum Gasteiger partial charge on any atom is 0.257 e. The summed E-state index contributed by atoms with van der Waals surface area (Å²) in [5.74, 6) is 0.654. The number of hydrogen-bond donors (Lipinski definition) is 2. The fraction of sp³-hybridized carbons (Fsp3) is 0.320. The van der Waals surface area contributed by atoms with E-state index in [2.05, 4.69) is 0 Å². The number of hydrogen-bond acceptors (Lipinski definition) is 5. The number of methoxy groups -OCH3 is 1. The number of piperidine rings is 1. The average Bonchev–Trinajstić information content (AvgIpc) is 3.15. The predicted molar refractivity (Wildman–Crippen MR) is 125 cm³/mol. The maximum absolute atomic E-state index is 13.4. The number of nitrogens with two attached hydrogens (primary N) is 1. The zero-order chi connectivity index (χ0) is 22.7. The zero-order valence-corrected chi connectivity index (χ0v) is 18.2. The van der Waals surface area contributed by atoms with Crippen LogP contribution in [0.2, 0.25) is 0 Å². The predicted octanol–water partition coefficient (Wildman–Crippen LogP) is 3.30. The number of carbonyl (C=O) groups excluding carboxylic acids is 2. The second kappa shape index (κ2) is 8.86. The minimum Gasteiger partial charge on any atom is -0.496 e. The van der Waals surface area contributed by atoms with Crippen molar-refractivity contribution in [1.82, 2.24) is 4.90 Å². The molecule has 32 heavy (non-hydrogen) atoms. The lowest BCUT2D eigenvalue weighted by molar-refractivity contribution is -0.127. The van der Waals surface area contributed by atoms with Crippen molar-refractivity contribution in [3.63, 3.8) is 0 Å². The summed E-state index contributed by atoms with van der Waals surface area (Å²) in [5.41, 5.74) is 8.04. The Labute approximate surface area is 188 Å². The van der Waals surface area contributed by atoms with Crippen molar-refractivity contribution in [1.29, 1.82) is 5.41 Å². The number of anilines is 1. The highest BCUT2D eigenvalue weighted by Gasteiger charge is 2.49. The van der Waals surface area contributed by atoms with Crippen LogP contribution in [0.25, 0.3) is 5.57 Å². The highest BCUT2D eigenvalue weighted by molar-refractivity contribution is 6.08. The van der Waals surface area contributed by atoms with E-state index in [1.807, 2.05) is 46.2 Å². The van der Waals surface area contributed by atoms with Crippen LogP contribution in [0.1, 0.15) is 35.2 Å². The Morgan fingerprint density at radius 2 is 1.72 bits per heavy atom. The first-order chi connectivity index (χ1) is 15.5. The van der Waals surface area contributed by atoms with E-state index in [9.17, 15) is 9.59 Å². The van der Waals surface area contributed by atoms with Gasteiger partial charge in [-0.1, -0.05) is 24.3 Å². The third-order valence-corrected chi connectivity index (χ3v) is 6.71. The monoisotopic (exact) mass is 432 g/mol. The summed E-state index contributed by atoms with van der Waals surface area (Å²) in [6.45, 7) is 1.78. The van der Waals surface area contributed by atoms with E-state index in [0.717, 1.165) is 17.7 Å². The molecule has 3 N–H and O–H groups in total. The van der Waals surface area contributed by atoms with E-state index in [1.165, 1.54) is 12.4 Å². The number of benzene rings is 2.